The van der Waals surface area contributed by atoms with Gasteiger partial charge in [0.2, 0.25) is 0 Å². The van der Waals surface area contributed by atoms with Crippen LogP contribution in [0, 0.1) is 0 Å². The summed E-state index contributed by atoms with van der Waals surface area (Å²) in [5, 5.41) is 3.08. The van der Waals surface area contributed by atoms with E-state index in [9.17, 15) is 0 Å². The van der Waals surface area contributed by atoms with Crippen LogP contribution in [0.15, 0.2) is 35.7 Å². The third-order valence-corrected chi connectivity index (χ3v) is 3.88. The number of halogens is 1. The summed E-state index contributed by atoms with van der Waals surface area (Å²) in [5.74, 6) is 0.502. The summed E-state index contributed by atoms with van der Waals surface area (Å²) in [6.45, 7) is 3.97. The van der Waals surface area contributed by atoms with Crippen LogP contribution in [-0.2, 0) is 12.4 Å². The Bertz CT molecular complexity index is 455. The Morgan fingerprint density at radius 1 is 1.29 bits per heavy atom. The molecule has 90 valence electrons. The van der Waals surface area contributed by atoms with Gasteiger partial charge in [0.15, 0.2) is 0 Å². The van der Waals surface area contributed by atoms with E-state index in [0.29, 0.717) is 5.88 Å². The van der Waals surface area contributed by atoms with E-state index in [2.05, 4.69) is 46.5 Å². The molecule has 1 heterocycles. The lowest BCUT2D eigenvalue weighted by Crippen LogP contribution is -2.22. The maximum atomic E-state index is 5.76. The number of benzene rings is 1. The van der Waals surface area contributed by atoms with Crippen molar-refractivity contribution >= 4 is 28.6 Å². The summed E-state index contributed by atoms with van der Waals surface area (Å²) in [6, 6.07) is 10.4. The molecule has 2 rings (SSSR count). The van der Waals surface area contributed by atoms with Gasteiger partial charge in [-0.1, -0.05) is 18.2 Å². The predicted octanol–water partition coefficient (Wildman–Crippen LogP) is 3.91. The van der Waals surface area contributed by atoms with Crippen molar-refractivity contribution in [3.63, 3.8) is 0 Å². The van der Waals surface area contributed by atoms with E-state index in [0.717, 1.165) is 23.8 Å². The van der Waals surface area contributed by atoms with E-state index in [-0.39, 0.29) is 0 Å². The van der Waals surface area contributed by atoms with Crippen LogP contribution in [0.4, 0.5) is 5.69 Å². The van der Waals surface area contributed by atoms with Crippen molar-refractivity contribution in [2.75, 3.05) is 11.4 Å². The van der Waals surface area contributed by atoms with Gasteiger partial charge < -0.3 is 4.90 Å². The van der Waals surface area contributed by atoms with Gasteiger partial charge in [-0.05, 0) is 19.1 Å². The largest absolute Gasteiger partial charge is 0.366 e. The first kappa shape index (κ1) is 12.4. The average molecular weight is 267 g/mol. The zero-order valence-corrected chi connectivity index (χ0v) is 11.3. The molecule has 0 amide bonds. The molecule has 0 spiro atoms. The van der Waals surface area contributed by atoms with Gasteiger partial charge in [0.1, 0.15) is 5.01 Å². The van der Waals surface area contributed by atoms with Gasteiger partial charge in [-0.3, -0.25) is 0 Å². The van der Waals surface area contributed by atoms with Crippen molar-refractivity contribution in [3.8, 4) is 0 Å². The van der Waals surface area contributed by atoms with Gasteiger partial charge in [-0.15, -0.1) is 22.9 Å². The fourth-order valence-corrected chi connectivity index (χ4v) is 2.58. The number of aromatic nitrogens is 1. The number of para-hydroxylation sites is 1. The number of rotatable bonds is 5. The Balaban J connectivity index is 2.10. The highest BCUT2D eigenvalue weighted by Gasteiger charge is 2.07. The van der Waals surface area contributed by atoms with E-state index in [1.165, 1.54) is 5.69 Å². The molecule has 0 saturated heterocycles. The first-order valence-electron chi connectivity index (χ1n) is 5.62. The molecule has 0 aliphatic carbocycles. The van der Waals surface area contributed by atoms with Gasteiger partial charge in [0, 0.05) is 17.6 Å². The summed E-state index contributed by atoms with van der Waals surface area (Å²) in [5.41, 5.74) is 2.33. The molecule has 2 aromatic rings. The number of hydrogen-bond donors (Lipinski definition) is 0. The summed E-state index contributed by atoms with van der Waals surface area (Å²) >= 11 is 7.39. The van der Waals surface area contributed by atoms with Crippen LogP contribution in [0.25, 0.3) is 0 Å². The quantitative estimate of drug-likeness (QED) is 0.763. The Morgan fingerprint density at radius 3 is 2.65 bits per heavy atom. The van der Waals surface area contributed by atoms with E-state index in [1.807, 2.05) is 6.07 Å². The average Bonchev–Trinajstić information content (AvgIpc) is 2.84. The Morgan fingerprint density at radius 2 is 2.06 bits per heavy atom. The van der Waals surface area contributed by atoms with E-state index < -0.39 is 0 Å². The minimum Gasteiger partial charge on any atom is -0.366 e. The van der Waals surface area contributed by atoms with Crippen LogP contribution in [-0.4, -0.2) is 11.5 Å². The number of hydrogen-bond acceptors (Lipinski definition) is 3. The molecule has 0 radical (unpaired) electrons. The fourth-order valence-electron chi connectivity index (χ4n) is 1.70. The molecule has 0 atom stereocenters. The van der Waals surface area contributed by atoms with Crippen LogP contribution < -0.4 is 4.90 Å². The molecular weight excluding hydrogens is 252 g/mol. The van der Waals surface area contributed by atoms with Crippen molar-refractivity contribution in [2.45, 2.75) is 19.3 Å². The molecule has 4 heteroatoms. The monoisotopic (exact) mass is 266 g/mol. The molecule has 17 heavy (non-hydrogen) atoms. The zero-order valence-electron chi connectivity index (χ0n) is 9.77. The van der Waals surface area contributed by atoms with Gasteiger partial charge in [0.25, 0.3) is 0 Å². The highest BCUT2D eigenvalue weighted by Crippen LogP contribution is 2.18. The molecule has 0 fully saturated rings. The van der Waals surface area contributed by atoms with Gasteiger partial charge >= 0.3 is 0 Å². The second-order valence-electron chi connectivity index (χ2n) is 3.72. The van der Waals surface area contributed by atoms with Crippen molar-refractivity contribution in [3.05, 3.63) is 46.4 Å². The molecule has 0 aliphatic heterocycles. The van der Waals surface area contributed by atoms with E-state index in [4.69, 9.17) is 11.6 Å². The van der Waals surface area contributed by atoms with Crippen LogP contribution in [0.1, 0.15) is 17.6 Å². The zero-order chi connectivity index (χ0) is 12.1. The maximum Gasteiger partial charge on any atom is 0.108 e. The van der Waals surface area contributed by atoms with E-state index >= 15 is 0 Å². The highest BCUT2D eigenvalue weighted by atomic mass is 35.5. The summed E-state index contributed by atoms with van der Waals surface area (Å²) < 4.78 is 0. The van der Waals surface area contributed by atoms with Gasteiger partial charge in [-0.25, -0.2) is 4.98 Å². The molecule has 0 saturated carbocycles. The summed E-state index contributed by atoms with van der Waals surface area (Å²) in [4.78, 5) is 6.79. The van der Waals surface area contributed by atoms with Crippen molar-refractivity contribution in [1.29, 1.82) is 0 Å². The molecule has 2 nitrogen and oxygen atoms in total. The maximum absolute atomic E-state index is 5.76. The lowest BCUT2D eigenvalue weighted by molar-refractivity contribution is 0.812. The topological polar surface area (TPSA) is 16.1 Å². The second kappa shape index (κ2) is 6.03. The first-order chi connectivity index (χ1) is 8.33. The van der Waals surface area contributed by atoms with Gasteiger partial charge in [0.05, 0.1) is 18.1 Å². The smallest absolute Gasteiger partial charge is 0.108 e. The first-order valence-corrected chi connectivity index (χ1v) is 7.04. The predicted molar refractivity (Wildman–Crippen MR) is 74.8 cm³/mol. The van der Waals surface area contributed by atoms with Crippen LogP contribution >= 0.6 is 22.9 Å². The molecule has 1 aromatic carbocycles. The van der Waals surface area contributed by atoms with Crippen molar-refractivity contribution < 1.29 is 0 Å². The fraction of sp³-hybridized carbons (Fsp3) is 0.308. The van der Waals surface area contributed by atoms with Crippen molar-refractivity contribution in [2.24, 2.45) is 0 Å². The Kier molecular flexibility index (Phi) is 4.40. The molecule has 0 bridgehead atoms. The summed E-state index contributed by atoms with van der Waals surface area (Å²) in [7, 11) is 0. The molecule has 0 aliphatic rings. The molecule has 1 aromatic heterocycles. The third kappa shape index (κ3) is 3.20. The standard InChI is InChI=1S/C13H15ClN2S/c1-2-16(12-6-4-3-5-7-12)9-11-10-17-13(8-14)15-11/h3-7,10H,2,8-9H2,1H3. The van der Waals surface area contributed by atoms with Crippen LogP contribution in [0.5, 0.6) is 0 Å². The SMILES string of the molecule is CCN(Cc1csc(CCl)n1)c1ccccc1. The summed E-state index contributed by atoms with van der Waals surface area (Å²) in [6.07, 6.45) is 0. The number of alkyl halides is 1. The highest BCUT2D eigenvalue weighted by molar-refractivity contribution is 7.09. The number of thiazole rings is 1. The molecule has 0 N–H and O–H groups in total. The normalized spacial score (nSPS) is 10.5. The number of anilines is 1. The van der Waals surface area contributed by atoms with Crippen LogP contribution in [0.2, 0.25) is 0 Å². The lowest BCUT2D eigenvalue weighted by atomic mass is 10.3. The molecular formula is C13H15ClN2S. The molecule has 0 unspecified atom stereocenters. The Hall–Kier alpha value is -1.06. The minimum absolute atomic E-state index is 0.502. The third-order valence-electron chi connectivity index (χ3n) is 2.57. The van der Waals surface area contributed by atoms with Gasteiger partial charge in [-0.2, -0.15) is 0 Å². The lowest BCUT2D eigenvalue weighted by Gasteiger charge is -2.21. The van der Waals surface area contributed by atoms with Crippen LogP contribution in [0.3, 0.4) is 0 Å². The number of nitrogens with zero attached hydrogens (tertiary/aromatic N) is 2. The minimum atomic E-state index is 0.502. The van der Waals surface area contributed by atoms with Crippen molar-refractivity contribution in [1.82, 2.24) is 4.98 Å². The Labute approximate surface area is 111 Å². The second-order valence-corrected chi connectivity index (χ2v) is 4.93. The van der Waals surface area contributed by atoms with E-state index in [1.54, 1.807) is 11.3 Å².